The molecule has 0 N–H and O–H groups in total. The normalized spacial score (nSPS) is 18.7. The minimum atomic E-state index is 0.227. The molecule has 0 radical (unpaired) electrons. The first kappa shape index (κ1) is 12.4. The molecule has 1 aliphatic heterocycles. The van der Waals surface area contributed by atoms with E-state index < -0.39 is 0 Å². The van der Waals surface area contributed by atoms with Crippen molar-refractivity contribution in [1.29, 1.82) is 0 Å². The van der Waals surface area contributed by atoms with Crippen molar-refractivity contribution in [3.63, 3.8) is 0 Å². The van der Waals surface area contributed by atoms with E-state index in [1.165, 1.54) is 0 Å². The van der Waals surface area contributed by atoms with Crippen LogP contribution in [0.4, 0.5) is 0 Å². The van der Waals surface area contributed by atoms with E-state index in [1.807, 2.05) is 46.8 Å². The van der Waals surface area contributed by atoms with Crippen molar-refractivity contribution in [2.45, 2.75) is 18.8 Å². The second-order valence-electron chi connectivity index (χ2n) is 4.86. The van der Waals surface area contributed by atoms with Gasteiger partial charge in [-0.3, -0.25) is 4.79 Å². The molecule has 1 fully saturated rings. The molecule has 98 valence electrons. The number of rotatable bonds is 3. The smallest absolute Gasteiger partial charge is 0.227 e. The van der Waals surface area contributed by atoms with Gasteiger partial charge in [-0.2, -0.15) is 0 Å². The molecule has 3 rings (SSSR count). The van der Waals surface area contributed by atoms with Crippen molar-refractivity contribution in [3.8, 4) is 0 Å². The molecule has 0 bridgehead atoms. The first-order chi connectivity index (χ1) is 9.33. The minimum absolute atomic E-state index is 0.227. The van der Waals surface area contributed by atoms with Crippen LogP contribution in [0.15, 0.2) is 41.9 Å². The fraction of sp³-hybridized carbons (Fsp3) is 0.333. The summed E-state index contributed by atoms with van der Waals surface area (Å²) in [4.78, 5) is 18.6. The highest BCUT2D eigenvalue weighted by Crippen LogP contribution is 2.28. The third kappa shape index (κ3) is 2.84. The lowest BCUT2D eigenvalue weighted by molar-refractivity contribution is -0.129. The largest absolute Gasteiger partial charge is 0.342 e. The molecule has 1 aromatic carbocycles. The highest BCUT2D eigenvalue weighted by molar-refractivity contribution is 7.09. The van der Waals surface area contributed by atoms with Gasteiger partial charge in [0.05, 0.1) is 11.4 Å². The summed E-state index contributed by atoms with van der Waals surface area (Å²) in [6.45, 7) is 1.68. The van der Waals surface area contributed by atoms with Crippen molar-refractivity contribution < 1.29 is 4.79 Å². The molecule has 2 aromatic rings. The van der Waals surface area contributed by atoms with Crippen LogP contribution in [0.1, 0.15) is 22.9 Å². The van der Waals surface area contributed by atoms with Crippen LogP contribution in [0.25, 0.3) is 0 Å². The van der Waals surface area contributed by atoms with Crippen LogP contribution < -0.4 is 0 Å². The number of likely N-dealkylation sites (tertiary alicyclic amines) is 1. The molecule has 1 atom stereocenters. The van der Waals surface area contributed by atoms with Gasteiger partial charge in [0.2, 0.25) is 5.91 Å². The van der Waals surface area contributed by atoms with Crippen LogP contribution >= 0.6 is 11.3 Å². The summed E-state index contributed by atoms with van der Waals surface area (Å²) in [6.07, 6.45) is 3.38. The Balaban J connectivity index is 1.60. The van der Waals surface area contributed by atoms with E-state index in [-0.39, 0.29) is 5.91 Å². The Labute approximate surface area is 116 Å². The van der Waals surface area contributed by atoms with E-state index in [0.29, 0.717) is 12.3 Å². The highest BCUT2D eigenvalue weighted by Gasteiger charge is 2.28. The zero-order chi connectivity index (χ0) is 13.1. The fourth-order valence-electron chi connectivity index (χ4n) is 2.51. The lowest BCUT2D eigenvalue weighted by atomic mass is 10.1. The zero-order valence-electron chi connectivity index (χ0n) is 10.7. The number of nitrogens with zero attached hydrogens (tertiary/aromatic N) is 2. The van der Waals surface area contributed by atoms with Crippen LogP contribution in [0.5, 0.6) is 0 Å². The molecule has 1 saturated heterocycles. The summed E-state index contributed by atoms with van der Waals surface area (Å²) in [7, 11) is 0. The minimum Gasteiger partial charge on any atom is -0.342 e. The summed E-state index contributed by atoms with van der Waals surface area (Å²) in [5.74, 6) is 0.657. The summed E-state index contributed by atoms with van der Waals surface area (Å²) < 4.78 is 0. The Morgan fingerprint density at radius 3 is 2.95 bits per heavy atom. The van der Waals surface area contributed by atoms with Gasteiger partial charge in [0, 0.05) is 30.6 Å². The van der Waals surface area contributed by atoms with Crippen molar-refractivity contribution >= 4 is 17.2 Å². The summed E-state index contributed by atoms with van der Waals surface area (Å²) in [5, 5.41) is 3.17. The number of benzene rings is 1. The molecule has 0 aliphatic carbocycles. The lowest BCUT2D eigenvalue weighted by Crippen LogP contribution is -2.29. The predicted molar refractivity (Wildman–Crippen MR) is 76.2 cm³/mol. The van der Waals surface area contributed by atoms with Gasteiger partial charge in [-0.1, -0.05) is 30.3 Å². The monoisotopic (exact) mass is 272 g/mol. The maximum Gasteiger partial charge on any atom is 0.227 e. The number of carbonyl (C=O) groups excluding carboxylic acids is 1. The molecule has 1 aliphatic rings. The van der Waals surface area contributed by atoms with E-state index in [0.717, 1.165) is 30.1 Å². The number of thiazole rings is 1. The quantitative estimate of drug-likeness (QED) is 0.860. The van der Waals surface area contributed by atoms with Crippen LogP contribution in [0, 0.1) is 0 Å². The van der Waals surface area contributed by atoms with Crippen LogP contribution in [0.3, 0.4) is 0 Å². The van der Waals surface area contributed by atoms with E-state index in [9.17, 15) is 4.79 Å². The average Bonchev–Trinajstić information content (AvgIpc) is 3.11. The Morgan fingerprint density at radius 1 is 1.37 bits per heavy atom. The van der Waals surface area contributed by atoms with Crippen LogP contribution in [0.2, 0.25) is 0 Å². The van der Waals surface area contributed by atoms with E-state index in [1.54, 1.807) is 11.3 Å². The molecular weight excluding hydrogens is 256 g/mol. The number of carbonyl (C=O) groups is 1. The number of aromatic nitrogens is 1. The SMILES string of the molecule is O=C(Cc1ccccc1)N1CCC(c2nccs2)C1. The maximum atomic E-state index is 12.2. The van der Waals surface area contributed by atoms with E-state index in [4.69, 9.17) is 0 Å². The average molecular weight is 272 g/mol. The molecule has 1 amide bonds. The Bertz CT molecular complexity index is 539. The zero-order valence-corrected chi connectivity index (χ0v) is 11.5. The maximum absolute atomic E-state index is 12.2. The van der Waals surface area contributed by atoms with Crippen molar-refractivity contribution in [2.75, 3.05) is 13.1 Å². The third-order valence-electron chi connectivity index (χ3n) is 3.54. The van der Waals surface area contributed by atoms with Gasteiger partial charge in [-0.15, -0.1) is 11.3 Å². The molecule has 1 aromatic heterocycles. The first-order valence-electron chi connectivity index (χ1n) is 6.54. The Hall–Kier alpha value is -1.68. The van der Waals surface area contributed by atoms with Gasteiger partial charge in [0.25, 0.3) is 0 Å². The summed E-state index contributed by atoms with van der Waals surface area (Å²) in [5.41, 5.74) is 1.09. The fourth-order valence-corrected chi connectivity index (χ4v) is 3.27. The molecule has 19 heavy (non-hydrogen) atoms. The van der Waals surface area contributed by atoms with Gasteiger partial charge in [0.1, 0.15) is 0 Å². The van der Waals surface area contributed by atoms with Gasteiger partial charge in [0.15, 0.2) is 0 Å². The van der Waals surface area contributed by atoms with Crippen molar-refractivity contribution in [3.05, 3.63) is 52.5 Å². The van der Waals surface area contributed by atoms with Crippen LogP contribution in [-0.4, -0.2) is 28.9 Å². The topological polar surface area (TPSA) is 33.2 Å². The predicted octanol–water partition coefficient (Wildman–Crippen LogP) is 2.70. The van der Waals surface area contributed by atoms with E-state index in [2.05, 4.69) is 4.98 Å². The number of amides is 1. The Kier molecular flexibility index (Phi) is 3.60. The second-order valence-corrected chi connectivity index (χ2v) is 5.78. The molecule has 3 nitrogen and oxygen atoms in total. The Morgan fingerprint density at radius 2 is 2.21 bits per heavy atom. The first-order valence-corrected chi connectivity index (χ1v) is 7.42. The lowest BCUT2D eigenvalue weighted by Gasteiger charge is -2.16. The molecule has 1 unspecified atom stereocenters. The summed E-state index contributed by atoms with van der Waals surface area (Å²) in [6, 6.07) is 9.94. The molecule has 4 heteroatoms. The molecule has 0 spiro atoms. The van der Waals surface area contributed by atoms with Crippen molar-refractivity contribution in [2.24, 2.45) is 0 Å². The number of hydrogen-bond acceptors (Lipinski definition) is 3. The van der Waals surface area contributed by atoms with Gasteiger partial charge in [-0.25, -0.2) is 4.98 Å². The van der Waals surface area contributed by atoms with E-state index >= 15 is 0 Å². The second kappa shape index (κ2) is 5.53. The highest BCUT2D eigenvalue weighted by atomic mass is 32.1. The molecule has 0 saturated carbocycles. The van der Waals surface area contributed by atoms with Gasteiger partial charge >= 0.3 is 0 Å². The standard InChI is InChI=1S/C15H16N2OS/c18-14(10-12-4-2-1-3-5-12)17-8-6-13(11-17)15-16-7-9-19-15/h1-5,7,9,13H,6,8,10-11H2. The van der Waals surface area contributed by atoms with Gasteiger partial charge in [-0.05, 0) is 12.0 Å². The molecule has 2 heterocycles. The summed E-state index contributed by atoms with van der Waals surface area (Å²) >= 11 is 1.69. The number of hydrogen-bond donors (Lipinski definition) is 0. The molecular formula is C15H16N2OS. The third-order valence-corrected chi connectivity index (χ3v) is 4.48. The van der Waals surface area contributed by atoms with Gasteiger partial charge < -0.3 is 4.90 Å². The van der Waals surface area contributed by atoms with Crippen molar-refractivity contribution in [1.82, 2.24) is 9.88 Å². The van der Waals surface area contributed by atoms with Crippen LogP contribution in [-0.2, 0) is 11.2 Å².